The minimum Gasteiger partial charge on any atom is -0.462 e. The molecule has 0 aliphatic rings. The molecule has 1 amide bonds. The van der Waals surface area contributed by atoms with Gasteiger partial charge >= 0.3 is 5.97 Å². The van der Waals surface area contributed by atoms with E-state index in [4.69, 9.17) is 10.5 Å². The fraction of sp³-hybridized carbons (Fsp3) is 0.333. The van der Waals surface area contributed by atoms with Gasteiger partial charge < -0.3 is 10.5 Å². The lowest BCUT2D eigenvalue weighted by Gasteiger charge is -2.12. The van der Waals surface area contributed by atoms with Crippen molar-refractivity contribution in [3.8, 4) is 0 Å². The van der Waals surface area contributed by atoms with Gasteiger partial charge in [-0.3, -0.25) is 4.79 Å². The van der Waals surface area contributed by atoms with Gasteiger partial charge in [-0.2, -0.15) is 4.72 Å². The van der Waals surface area contributed by atoms with E-state index in [1.165, 1.54) is 25.1 Å². The van der Waals surface area contributed by atoms with Gasteiger partial charge in [0.05, 0.1) is 23.1 Å². The molecule has 0 saturated heterocycles. The highest BCUT2D eigenvalue weighted by molar-refractivity contribution is 9.10. The molecule has 0 radical (unpaired) electrons. The van der Waals surface area contributed by atoms with Crippen LogP contribution in [0.1, 0.15) is 24.2 Å². The summed E-state index contributed by atoms with van der Waals surface area (Å²) in [6.07, 6.45) is 0. The smallest absolute Gasteiger partial charge is 0.338 e. The maximum atomic E-state index is 12.1. The number of amides is 1. The number of benzene rings is 1. The number of primary amides is 1. The number of hydrogen-bond acceptors (Lipinski definition) is 5. The van der Waals surface area contributed by atoms with Crippen LogP contribution in [0.3, 0.4) is 0 Å². The molecule has 1 aromatic rings. The fourth-order valence-electron chi connectivity index (χ4n) is 1.41. The number of hydrogen-bond donors (Lipinski definition) is 2. The van der Waals surface area contributed by atoms with E-state index >= 15 is 0 Å². The van der Waals surface area contributed by atoms with E-state index in [1.807, 2.05) is 0 Å². The Hall–Kier alpha value is -1.45. The molecule has 1 rings (SSSR count). The predicted molar refractivity (Wildman–Crippen MR) is 79.1 cm³/mol. The van der Waals surface area contributed by atoms with Crippen LogP contribution in [0.5, 0.6) is 0 Å². The van der Waals surface area contributed by atoms with Crippen molar-refractivity contribution in [2.24, 2.45) is 5.73 Å². The van der Waals surface area contributed by atoms with Gasteiger partial charge in [-0.15, -0.1) is 0 Å². The van der Waals surface area contributed by atoms with Crippen molar-refractivity contribution >= 4 is 37.8 Å². The van der Waals surface area contributed by atoms with Crippen LogP contribution in [-0.4, -0.2) is 32.9 Å². The zero-order chi connectivity index (χ0) is 16.2. The number of nitrogens with one attached hydrogen (secondary N) is 1. The van der Waals surface area contributed by atoms with E-state index in [9.17, 15) is 18.0 Å². The lowest BCUT2D eigenvalue weighted by Crippen LogP contribution is -2.42. The molecule has 1 aromatic carbocycles. The first-order valence-corrected chi connectivity index (χ1v) is 8.25. The summed E-state index contributed by atoms with van der Waals surface area (Å²) in [5, 5.41) is 0. The summed E-state index contributed by atoms with van der Waals surface area (Å²) in [6.45, 7) is 3.22. The van der Waals surface area contributed by atoms with Crippen LogP contribution >= 0.6 is 15.9 Å². The summed E-state index contributed by atoms with van der Waals surface area (Å²) in [4.78, 5) is 22.4. The SMILES string of the molecule is CCOC(=O)c1ccc(S(=O)(=O)NC(C)C(N)=O)c(Br)c1. The zero-order valence-corrected chi connectivity index (χ0v) is 13.8. The van der Waals surface area contributed by atoms with E-state index in [-0.39, 0.29) is 21.5 Å². The van der Waals surface area contributed by atoms with Crippen molar-refractivity contribution in [3.05, 3.63) is 28.2 Å². The Morgan fingerprint density at radius 2 is 2.05 bits per heavy atom. The minimum atomic E-state index is -3.94. The molecule has 9 heteroatoms. The van der Waals surface area contributed by atoms with Crippen LogP contribution in [-0.2, 0) is 19.6 Å². The quantitative estimate of drug-likeness (QED) is 0.709. The third kappa shape index (κ3) is 4.51. The van der Waals surface area contributed by atoms with Gasteiger partial charge in [-0.1, -0.05) is 0 Å². The van der Waals surface area contributed by atoms with Crippen molar-refractivity contribution in [1.29, 1.82) is 0 Å². The number of carbonyl (C=O) groups is 2. The van der Waals surface area contributed by atoms with Crippen LogP contribution in [0.2, 0.25) is 0 Å². The predicted octanol–water partition coefficient (Wildman–Crippen LogP) is 0.778. The second-order valence-corrected chi connectivity index (χ2v) is 6.65. The summed E-state index contributed by atoms with van der Waals surface area (Å²) < 4.78 is 31.4. The number of ether oxygens (including phenoxy) is 1. The van der Waals surface area contributed by atoms with Gasteiger partial charge in [-0.05, 0) is 48.0 Å². The first-order valence-electron chi connectivity index (χ1n) is 5.97. The fourth-order valence-corrected chi connectivity index (χ4v) is 3.70. The molecule has 7 nitrogen and oxygen atoms in total. The van der Waals surface area contributed by atoms with Gasteiger partial charge in [0.2, 0.25) is 15.9 Å². The Morgan fingerprint density at radius 3 is 2.52 bits per heavy atom. The van der Waals surface area contributed by atoms with Gasteiger partial charge in [0.25, 0.3) is 0 Å². The maximum absolute atomic E-state index is 12.1. The van der Waals surface area contributed by atoms with Crippen molar-refractivity contribution in [2.45, 2.75) is 24.8 Å². The van der Waals surface area contributed by atoms with Crippen molar-refractivity contribution in [1.82, 2.24) is 4.72 Å². The summed E-state index contributed by atoms with van der Waals surface area (Å²) in [6, 6.07) is 2.85. The monoisotopic (exact) mass is 378 g/mol. The maximum Gasteiger partial charge on any atom is 0.338 e. The molecule has 0 heterocycles. The molecular formula is C12H15BrN2O5S. The molecule has 0 bridgehead atoms. The van der Waals surface area contributed by atoms with Crippen molar-refractivity contribution in [3.63, 3.8) is 0 Å². The first kappa shape index (κ1) is 17.6. The molecule has 1 atom stereocenters. The van der Waals surface area contributed by atoms with Gasteiger partial charge in [0, 0.05) is 4.47 Å². The van der Waals surface area contributed by atoms with Crippen molar-refractivity contribution in [2.75, 3.05) is 6.61 Å². The van der Waals surface area contributed by atoms with Crippen LogP contribution < -0.4 is 10.5 Å². The lowest BCUT2D eigenvalue weighted by atomic mass is 10.2. The average molecular weight is 379 g/mol. The highest BCUT2D eigenvalue weighted by Gasteiger charge is 2.23. The normalized spacial score (nSPS) is 12.7. The number of esters is 1. The van der Waals surface area contributed by atoms with Gasteiger partial charge in [-0.25, -0.2) is 13.2 Å². The Bertz CT molecular complexity index is 660. The largest absolute Gasteiger partial charge is 0.462 e. The van der Waals surface area contributed by atoms with Crippen LogP contribution in [0.4, 0.5) is 0 Å². The summed E-state index contributed by atoms with van der Waals surface area (Å²) in [5.74, 6) is -1.35. The average Bonchev–Trinajstić information content (AvgIpc) is 2.37. The number of sulfonamides is 1. The van der Waals surface area contributed by atoms with Gasteiger partial charge in [0.1, 0.15) is 0 Å². The second kappa shape index (κ2) is 7.01. The molecular weight excluding hydrogens is 364 g/mol. The van der Waals surface area contributed by atoms with Crippen molar-refractivity contribution < 1.29 is 22.7 Å². The third-order valence-corrected chi connectivity index (χ3v) is 5.01. The first-order chi connectivity index (χ1) is 9.69. The number of halogens is 1. The topological polar surface area (TPSA) is 116 Å². The summed E-state index contributed by atoms with van der Waals surface area (Å²) in [7, 11) is -3.94. The highest BCUT2D eigenvalue weighted by Crippen LogP contribution is 2.23. The molecule has 0 fully saturated rings. The van der Waals surface area contributed by atoms with E-state index < -0.39 is 27.9 Å². The molecule has 21 heavy (non-hydrogen) atoms. The van der Waals surface area contributed by atoms with E-state index in [1.54, 1.807) is 6.92 Å². The Labute approximate surface area is 131 Å². The second-order valence-electron chi connectivity index (χ2n) is 4.11. The number of carbonyl (C=O) groups excluding carboxylic acids is 2. The number of nitrogens with two attached hydrogens (primary N) is 1. The standard InChI is InChI=1S/C12H15BrN2O5S/c1-3-20-12(17)8-4-5-10(9(13)6-8)21(18,19)15-7(2)11(14)16/h4-7,15H,3H2,1-2H3,(H2,14,16). The highest BCUT2D eigenvalue weighted by atomic mass is 79.9. The molecule has 0 spiro atoms. The van der Waals surface area contributed by atoms with Gasteiger partial charge in [0.15, 0.2) is 0 Å². The Balaban J connectivity index is 3.09. The van der Waals surface area contributed by atoms with E-state index in [2.05, 4.69) is 20.7 Å². The lowest BCUT2D eigenvalue weighted by molar-refractivity contribution is -0.119. The summed E-state index contributed by atoms with van der Waals surface area (Å²) >= 11 is 3.09. The van der Waals surface area contributed by atoms with Crippen LogP contribution in [0.25, 0.3) is 0 Å². The Morgan fingerprint density at radius 1 is 1.43 bits per heavy atom. The molecule has 0 aliphatic heterocycles. The zero-order valence-electron chi connectivity index (χ0n) is 11.4. The molecule has 3 N–H and O–H groups in total. The third-order valence-electron chi connectivity index (χ3n) is 2.49. The minimum absolute atomic E-state index is 0.108. The van der Waals surface area contributed by atoms with Crippen LogP contribution in [0.15, 0.2) is 27.6 Å². The Kier molecular flexibility index (Phi) is 5.87. The van der Waals surface area contributed by atoms with E-state index in [0.29, 0.717) is 0 Å². The van der Waals surface area contributed by atoms with E-state index in [0.717, 1.165) is 0 Å². The molecule has 1 unspecified atom stereocenters. The molecule has 0 saturated carbocycles. The molecule has 116 valence electrons. The van der Waals surface area contributed by atoms with Crippen LogP contribution in [0, 0.1) is 0 Å². The number of rotatable bonds is 6. The molecule has 0 aromatic heterocycles. The molecule has 0 aliphatic carbocycles. The summed E-state index contributed by atoms with van der Waals surface area (Å²) in [5.41, 5.74) is 5.23.